The van der Waals surface area contributed by atoms with Gasteiger partial charge in [-0.2, -0.15) is 21.6 Å². The quantitative estimate of drug-likeness (QED) is 0.193. The summed E-state index contributed by atoms with van der Waals surface area (Å²) in [6.07, 6.45) is 0. The van der Waals surface area contributed by atoms with Crippen LogP contribution in [-0.4, -0.2) is 28.1 Å². The van der Waals surface area contributed by atoms with Crippen LogP contribution in [0.4, 0.5) is 13.2 Å². The standard InChI is InChI=1S/C27H19F3O5S/c1-33-16-8-11-22-23-12-9-18(35-36(31,32)27(28,29)30)15-26(23)25-14-17(34-2)7-10-21(25)19-5-3-4-6-20(19)24(22)13-16/h3-15H,1-2H3. The van der Waals surface area contributed by atoms with Crippen molar-refractivity contribution in [3.63, 3.8) is 0 Å². The van der Waals surface area contributed by atoms with Crippen LogP contribution in [0.1, 0.15) is 0 Å². The van der Waals surface area contributed by atoms with Crippen molar-refractivity contribution in [1.82, 2.24) is 0 Å². The van der Waals surface area contributed by atoms with E-state index in [1.165, 1.54) is 19.2 Å². The number of ether oxygens (including phenoxy) is 2. The minimum absolute atomic E-state index is 0.455. The van der Waals surface area contributed by atoms with Gasteiger partial charge in [-0.15, -0.1) is 0 Å². The average Bonchev–Trinajstić information content (AvgIpc) is 2.86. The van der Waals surface area contributed by atoms with E-state index in [0.29, 0.717) is 28.2 Å². The van der Waals surface area contributed by atoms with Crippen LogP contribution in [-0.2, 0) is 10.1 Å². The maximum Gasteiger partial charge on any atom is 0.534 e. The summed E-state index contributed by atoms with van der Waals surface area (Å²) in [6.45, 7) is 0. The molecule has 0 amide bonds. The first kappa shape index (κ1) is 23.7. The van der Waals surface area contributed by atoms with Crippen LogP contribution in [0.15, 0.2) is 78.9 Å². The largest absolute Gasteiger partial charge is 0.534 e. The molecule has 1 aliphatic carbocycles. The first-order valence-electron chi connectivity index (χ1n) is 10.7. The van der Waals surface area contributed by atoms with Crippen molar-refractivity contribution in [3.05, 3.63) is 78.9 Å². The summed E-state index contributed by atoms with van der Waals surface area (Å²) >= 11 is 0. The van der Waals surface area contributed by atoms with Crippen molar-refractivity contribution in [2.75, 3.05) is 14.2 Å². The van der Waals surface area contributed by atoms with E-state index >= 15 is 0 Å². The summed E-state index contributed by atoms with van der Waals surface area (Å²) in [5.74, 6) is 0.711. The van der Waals surface area contributed by atoms with Gasteiger partial charge in [-0.3, -0.25) is 0 Å². The maximum atomic E-state index is 13.0. The summed E-state index contributed by atoms with van der Waals surface area (Å²) < 4.78 is 77.8. The van der Waals surface area contributed by atoms with Crippen LogP contribution in [0.2, 0.25) is 0 Å². The molecule has 0 aliphatic heterocycles. The number of methoxy groups -OCH3 is 2. The molecule has 36 heavy (non-hydrogen) atoms. The molecule has 1 aliphatic rings. The number of alkyl halides is 3. The lowest BCUT2D eigenvalue weighted by Crippen LogP contribution is -2.28. The highest BCUT2D eigenvalue weighted by atomic mass is 32.2. The maximum absolute atomic E-state index is 13.0. The summed E-state index contributed by atoms with van der Waals surface area (Å²) in [4.78, 5) is 0. The number of hydrogen-bond donors (Lipinski definition) is 0. The van der Waals surface area contributed by atoms with Gasteiger partial charge < -0.3 is 13.7 Å². The van der Waals surface area contributed by atoms with Crippen molar-refractivity contribution in [1.29, 1.82) is 0 Å². The van der Waals surface area contributed by atoms with Gasteiger partial charge in [0.1, 0.15) is 17.2 Å². The second kappa shape index (κ2) is 8.60. The zero-order valence-corrected chi connectivity index (χ0v) is 19.9. The lowest BCUT2D eigenvalue weighted by molar-refractivity contribution is -0.0500. The Balaban J connectivity index is 1.85. The summed E-state index contributed by atoms with van der Waals surface area (Å²) in [5.41, 5.74) is 0.493. The van der Waals surface area contributed by atoms with Gasteiger partial charge in [0.15, 0.2) is 0 Å². The van der Waals surface area contributed by atoms with Gasteiger partial charge in [0, 0.05) is 0 Å². The Labute approximate surface area is 205 Å². The monoisotopic (exact) mass is 512 g/mol. The molecule has 0 unspecified atom stereocenters. The third-order valence-electron chi connectivity index (χ3n) is 6.02. The van der Waals surface area contributed by atoms with E-state index in [1.54, 1.807) is 31.4 Å². The van der Waals surface area contributed by atoms with Crippen molar-refractivity contribution in [3.8, 4) is 61.8 Å². The first-order valence-corrected chi connectivity index (χ1v) is 12.1. The number of hydrogen-bond acceptors (Lipinski definition) is 5. The Bertz CT molecular complexity index is 1590. The van der Waals surface area contributed by atoms with Crippen LogP contribution < -0.4 is 13.7 Å². The van der Waals surface area contributed by atoms with Crippen molar-refractivity contribution in [2.24, 2.45) is 0 Å². The highest BCUT2D eigenvalue weighted by molar-refractivity contribution is 7.88. The fraction of sp³-hybridized carbons (Fsp3) is 0.111. The molecule has 0 saturated heterocycles. The summed E-state index contributed by atoms with van der Waals surface area (Å²) in [5, 5.41) is 0. The van der Waals surface area contributed by atoms with Gasteiger partial charge in [-0.05, 0) is 87.0 Å². The number of halogens is 3. The molecule has 5 nitrogen and oxygen atoms in total. The number of fused-ring (bicyclic) bond motifs is 8. The highest BCUT2D eigenvalue weighted by Gasteiger charge is 2.48. The molecule has 0 atom stereocenters. The Kier molecular flexibility index (Phi) is 5.67. The Morgan fingerprint density at radius 2 is 0.917 bits per heavy atom. The second-order valence-electron chi connectivity index (χ2n) is 8.06. The van der Waals surface area contributed by atoms with E-state index < -0.39 is 21.4 Å². The topological polar surface area (TPSA) is 61.8 Å². The van der Waals surface area contributed by atoms with Crippen LogP contribution in [0.3, 0.4) is 0 Å². The minimum Gasteiger partial charge on any atom is -0.497 e. The average molecular weight is 513 g/mol. The molecule has 0 saturated carbocycles. The summed E-state index contributed by atoms with van der Waals surface area (Å²) in [7, 11) is -2.77. The molecule has 4 aromatic rings. The molecule has 9 heteroatoms. The van der Waals surface area contributed by atoms with Gasteiger partial charge in [0.25, 0.3) is 0 Å². The van der Waals surface area contributed by atoms with E-state index in [9.17, 15) is 21.6 Å². The highest BCUT2D eigenvalue weighted by Crippen LogP contribution is 2.50. The molecule has 5 rings (SSSR count). The summed E-state index contributed by atoms with van der Waals surface area (Å²) in [6, 6.07) is 22.8. The zero-order valence-electron chi connectivity index (χ0n) is 19.1. The molecule has 0 fully saturated rings. The van der Waals surface area contributed by atoms with Crippen molar-refractivity contribution < 1.29 is 35.2 Å². The lowest BCUT2D eigenvalue weighted by Gasteiger charge is -2.24. The third-order valence-corrected chi connectivity index (χ3v) is 7.00. The molecule has 0 aromatic heterocycles. The van der Waals surface area contributed by atoms with Crippen molar-refractivity contribution >= 4 is 10.1 Å². The van der Waals surface area contributed by atoms with Gasteiger partial charge in [-0.25, -0.2) is 0 Å². The van der Waals surface area contributed by atoms with E-state index in [4.69, 9.17) is 9.47 Å². The van der Waals surface area contributed by atoms with Crippen LogP contribution in [0, 0.1) is 0 Å². The molecule has 0 heterocycles. The molecule has 0 spiro atoms. The number of benzene rings is 4. The molecule has 4 aromatic carbocycles. The Hall–Kier alpha value is -3.98. The van der Waals surface area contributed by atoms with E-state index in [-0.39, 0.29) is 0 Å². The first-order chi connectivity index (χ1) is 17.1. The van der Waals surface area contributed by atoms with E-state index in [1.807, 2.05) is 42.5 Å². The normalized spacial score (nSPS) is 12.2. The number of rotatable bonds is 4. The molecule has 0 N–H and O–H groups in total. The van der Waals surface area contributed by atoms with Crippen LogP contribution in [0.5, 0.6) is 17.2 Å². The predicted molar refractivity (Wildman–Crippen MR) is 130 cm³/mol. The molecule has 0 radical (unpaired) electrons. The SMILES string of the molecule is COc1ccc2c(c1)-c1ccccc1-c1ccc(OC)cc1-c1cc(OS(=O)(=O)C(F)(F)F)ccc1-2. The fourth-order valence-corrected chi connectivity index (χ4v) is 4.83. The van der Waals surface area contributed by atoms with Gasteiger partial charge in [0.05, 0.1) is 14.2 Å². The second-order valence-corrected chi connectivity index (χ2v) is 9.60. The van der Waals surface area contributed by atoms with E-state index in [2.05, 4.69) is 4.18 Å². The molecular formula is C27H19F3O5S. The van der Waals surface area contributed by atoms with Crippen molar-refractivity contribution in [2.45, 2.75) is 5.51 Å². The minimum atomic E-state index is -5.84. The van der Waals surface area contributed by atoms with Crippen LogP contribution in [0.25, 0.3) is 44.5 Å². The fourth-order valence-electron chi connectivity index (χ4n) is 4.38. The predicted octanol–water partition coefficient (Wildman–Crippen LogP) is 6.91. The zero-order chi connectivity index (χ0) is 25.7. The molecular weight excluding hydrogens is 493 g/mol. The van der Waals surface area contributed by atoms with Gasteiger partial charge >= 0.3 is 15.6 Å². The van der Waals surface area contributed by atoms with Crippen LogP contribution >= 0.6 is 0 Å². The third kappa shape index (κ3) is 3.95. The Morgan fingerprint density at radius 1 is 0.556 bits per heavy atom. The van der Waals surface area contributed by atoms with E-state index in [0.717, 1.165) is 27.8 Å². The van der Waals surface area contributed by atoms with Gasteiger partial charge in [0.2, 0.25) is 0 Å². The van der Waals surface area contributed by atoms with Gasteiger partial charge in [-0.1, -0.05) is 36.4 Å². The Morgan fingerprint density at radius 3 is 1.36 bits per heavy atom. The molecule has 0 bridgehead atoms. The molecule has 184 valence electrons. The lowest BCUT2D eigenvalue weighted by atomic mass is 9.80. The smallest absolute Gasteiger partial charge is 0.497 e.